The Labute approximate surface area is 89.9 Å². The van der Waals surface area contributed by atoms with Crippen molar-refractivity contribution in [3.63, 3.8) is 0 Å². The Balaban J connectivity index is 1.99. The molecular weight excluding hydrogens is 198 g/mol. The van der Waals surface area contributed by atoms with Gasteiger partial charge in [0.05, 0.1) is 6.10 Å². The summed E-state index contributed by atoms with van der Waals surface area (Å²) in [5.41, 5.74) is 0. The first-order valence-electron chi connectivity index (χ1n) is 5.17. The van der Waals surface area contributed by atoms with Crippen molar-refractivity contribution in [3.05, 3.63) is 0 Å². The highest BCUT2D eigenvalue weighted by molar-refractivity contribution is 7.99. The molecule has 1 N–H and O–H groups in total. The van der Waals surface area contributed by atoms with Crippen molar-refractivity contribution in [2.75, 3.05) is 18.8 Å². The van der Waals surface area contributed by atoms with Gasteiger partial charge in [-0.15, -0.1) is 0 Å². The number of amides is 1. The number of rotatable bonds is 5. The van der Waals surface area contributed by atoms with E-state index in [1.807, 2.05) is 11.8 Å². The molecule has 0 atom stereocenters. The van der Waals surface area contributed by atoms with E-state index in [0.717, 1.165) is 12.2 Å². The molecule has 0 aromatic carbocycles. The van der Waals surface area contributed by atoms with E-state index in [9.17, 15) is 4.79 Å². The van der Waals surface area contributed by atoms with Crippen LogP contribution in [0.1, 0.15) is 26.7 Å². The van der Waals surface area contributed by atoms with Crippen molar-refractivity contribution in [2.24, 2.45) is 0 Å². The Hall–Kier alpha value is -0.220. The number of hydrogen-bond donors (Lipinski definition) is 1. The molecule has 1 amide bonds. The van der Waals surface area contributed by atoms with Crippen molar-refractivity contribution in [1.29, 1.82) is 0 Å². The van der Waals surface area contributed by atoms with Gasteiger partial charge in [0.2, 0.25) is 5.91 Å². The zero-order valence-electron chi connectivity index (χ0n) is 8.90. The van der Waals surface area contributed by atoms with E-state index < -0.39 is 0 Å². The molecule has 1 heterocycles. The molecule has 1 aliphatic heterocycles. The number of carbonyl (C=O) groups excluding carboxylic acids is 1. The SMILES string of the molecule is CC(C)SCCCC(=O)N1CC(O)C1. The smallest absolute Gasteiger partial charge is 0.222 e. The maximum absolute atomic E-state index is 11.4. The minimum absolute atomic E-state index is 0.194. The Bertz CT molecular complexity index is 191. The maximum atomic E-state index is 11.4. The number of β-amino-alcohol motifs (C(OH)–C–C–N with tert-alkyl or cyclic N) is 1. The van der Waals surface area contributed by atoms with E-state index in [1.54, 1.807) is 4.90 Å². The summed E-state index contributed by atoms with van der Waals surface area (Å²) in [7, 11) is 0. The molecule has 0 spiro atoms. The van der Waals surface area contributed by atoms with Gasteiger partial charge in [-0.05, 0) is 17.4 Å². The maximum Gasteiger partial charge on any atom is 0.222 e. The Morgan fingerprint density at radius 1 is 1.57 bits per heavy atom. The molecule has 1 saturated heterocycles. The highest BCUT2D eigenvalue weighted by Crippen LogP contribution is 2.14. The number of carbonyl (C=O) groups is 1. The summed E-state index contributed by atoms with van der Waals surface area (Å²) in [4.78, 5) is 13.1. The molecule has 0 bridgehead atoms. The van der Waals surface area contributed by atoms with Crippen molar-refractivity contribution >= 4 is 17.7 Å². The second kappa shape index (κ2) is 5.61. The molecule has 14 heavy (non-hydrogen) atoms. The summed E-state index contributed by atoms with van der Waals surface area (Å²) in [5.74, 6) is 1.25. The van der Waals surface area contributed by atoms with E-state index in [1.165, 1.54) is 0 Å². The molecule has 82 valence electrons. The molecule has 0 radical (unpaired) electrons. The first-order valence-corrected chi connectivity index (χ1v) is 6.22. The summed E-state index contributed by atoms with van der Waals surface area (Å²) in [6.45, 7) is 5.41. The van der Waals surface area contributed by atoms with Crippen molar-refractivity contribution < 1.29 is 9.90 Å². The molecule has 0 aliphatic carbocycles. The lowest BCUT2D eigenvalue weighted by Gasteiger charge is -2.35. The van der Waals surface area contributed by atoms with E-state index in [2.05, 4.69) is 13.8 Å². The Kier molecular flexibility index (Phi) is 4.75. The van der Waals surface area contributed by atoms with Crippen LogP contribution in [-0.4, -0.2) is 46.1 Å². The average Bonchev–Trinajstić information content (AvgIpc) is 2.06. The van der Waals surface area contributed by atoms with E-state index in [0.29, 0.717) is 24.8 Å². The first-order chi connectivity index (χ1) is 6.59. The highest BCUT2D eigenvalue weighted by Gasteiger charge is 2.27. The molecular formula is C10H19NO2S. The number of nitrogens with zero attached hydrogens (tertiary/aromatic N) is 1. The van der Waals surface area contributed by atoms with E-state index in [-0.39, 0.29) is 12.0 Å². The van der Waals surface area contributed by atoms with Gasteiger partial charge in [0.15, 0.2) is 0 Å². The molecule has 0 aromatic rings. The van der Waals surface area contributed by atoms with Crippen LogP contribution in [0.3, 0.4) is 0 Å². The third-order valence-corrected chi connectivity index (χ3v) is 3.39. The molecule has 1 aliphatic rings. The van der Waals surface area contributed by atoms with Crippen LogP contribution in [0.5, 0.6) is 0 Å². The number of aliphatic hydroxyl groups excluding tert-OH is 1. The fourth-order valence-electron chi connectivity index (χ4n) is 1.36. The minimum Gasteiger partial charge on any atom is -0.389 e. The van der Waals surface area contributed by atoms with Gasteiger partial charge in [0.25, 0.3) is 0 Å². The lowest BCUT2D eigenvalue weighted by molar-refractivity contribution is -0.141. The summed E-state index contributed by atoms with van der Waals surface area (Å²) >= 11 is 1.89. The molecule has 3 nitrogen and oxygen atoms in total. The third-order valence-electron chi connectivity index (χ3n) is 2.20. The normalized spacial score (nSPS) is 17.3. The lowest BCUT2D eigenvalue weighted by atomic mass is 10.1. The van der Waals surface area contributed by atoms with Crippen molar-refractivity contribution in [1.82, 2.24) is 4.90 Å². The second-order valence-electron chi connectivity index (χ2n) is 3.98. The van der Waals surface area contributed by atoms with Crippen LogP contribution in [0.4, 0.5) is 0 Å². The van der Waals surface area contributed by atoms with Gasteiger partial charge in [-0.1, -0.05) is 13.8 Å². The molecule has 1 rings (SSSR count). The standard InChI is InChI=1S/C10H19NO2S/c1-8(2)14-5-3-4-10(13)11-6-9(12)7-11/h8-9,12H,3-7H2,1-2H3. The zero-order valence-corrected chi connectivity index (χ0v) is 9.72. The zero-order chi connectivity index (χ0) is 10.6. The Morgan fingerprint density at radius 2 is 2.21 bits per heavy atom. The summed E-state index contributed by atoms with van der Waals surface area (Å²) in [6, 6.07) is 0. The predicted molar refractivity (Wildman–Crippen MR) is 59.4 cm³/mol. The molecule has 4 heteroatoms. The lowest BCUT2D eigenvalue weighted by Crippen LogP contribution is -2.53. The quantitative estimate of drug-likeness (QED) is 0.701. The van der Waals surface area contributed by atoms with Crippen LogP contribution in [0.25, 0.3) is 0 Å². The molecule has 0 aromatic heterocycles. The monoisotopic (exact) mass is 217 g/mol. The van der Waals surface area contributed by atoms with Gasteiger partial charge < -0.3 is 10.0 Å². The van der Waals surface area contributed by atoms with E-state index in [4.69, 9.17) is 5.11 Å². The predicted octanol–water partition coefficient (Wildman–Crippen LogP) is 1.11. The number of likely N-dealkylation sites (tertiary alicyclic amines) is 1. The van der Waals surface area contributed by atoms with Crippen LogP contribution >= 0.6 is 11.8 Å². The molecule has 0 unspecified atom stereocenters. The summed E-state index contributed by atoms with van der Waals surface area (Å²) < 4.78 is 0. The number of thioether (sulfide) groups is 1. The highest BCUT2D eigenvalue weighted by atomic mass is 32.2. The summed E-state index contributed by atoms with van der Waals surface area (Å²) in [6.07, 6.45) is 1.31. The van der Waals surface area contributed by atoms with Gasteiger partial charge in [0, 0.05) is 19.5 Å². The minimum atomic E-state index is -0.274. The van der Waals surface area contributed by atoms with Crippen LogP contribution in [0.2, 0.25) is 0 Å². The van der Waals surface area contributed by atoms with Crippen molar-refractivity contribution in [3.8, 4) is 0 Å². The van der Waals surface area contributed by atoms with Crippen LogP contribution in [0, 0.1) is 0 Å². The first kappa shape index (κ1) is 11.9. The fourth-order valence-corrected chi connectivity index (χ4v) is 2.14. The average molecular weight is 217 g/mol. The van der Waals surface area contributed by atoms with Gasteiger partial charge in [-0.2, -0.15) is 11.8 Å². The topological polar surface area (TPSA) is 40.5 Å². The second-order valence-corrected chi connectivity index (χ2v) is 5.66. The number of hydrogen-bond acceptors (Lipinski definition) is 3. The van der Waals surface area contributed by atoms with Gasteiger partial charge in [-0.25, -0.2) is 0 Å². The van der Waals surface area contributed by atoms with E-state index >= 15 is 0 Å². The molecule has 0 saturated carbocycles. The number of aliphatic hydroxyl groups is 1. The fraction of sp³-hybridized carbons (Fsp3) is 0.900. The molecule has 1 fully saturated rings. The van der Waals surface area contributed by atoms with Crippen molar-refractivity contribution in [2.45, 2.75) is 38.0 Å². The van der Waals surface area contributed by atoms with Gasteiger partial charge in [-0.3, -0.25) is 4.79 Å². The van der Waals surface area contributed by atoms with Gasteiger partial charge >= 0.3 is 0 Å². The Morgan fingerprint density at radius 3 is 2.71 bits per heavy atom. The van der Waals surface area contributed by atoms with Crippen LogP contribution in [-0.2, 0) is 4.79 Å². The largest absolute Gasteiger partial charge is 0.389 e. The van der Waals surface area contributed by atoms with Crippen LogP contribution in [0.15, 0.2) is 0 Å². The van der Waals surface area contributed by atoms with Crippen LogP contribution < -0.4 is 0 Å². The summed E-state index contributed by atoms with van der Waals surface area (Å²) in [5, 5.41) is 9.66. The van der Waals surface area contributed by atoms with Gasteiger partial charge in [0.1, 0.15) is 0 Å². The third kappa shape index (κ3) is 3.88.